The molecule has 0 aliphatic carbocycles. The van der Waals surface area contributed by atoms with Crippen molar-refractivity contribution in [3.63, 3.8) is 0 Å². The summed E-state index contributed by atoms with van der Waals surface area (Å²) in [7, 11) is 1.22. The third kappa shape index (κ3) is 4.60. The number of rotatable bonds is 5. The Balaban J connectivity index is 2.31. The molecule has 0 radical (unpaired) electrons. The Hall–Kier alpha value is -2.44. The van der Waals surface area contributed by atoms with Gasteiger partial charge < -0.3 is 15.4 Å². The number of nitrogens with zero attached hydrogens (tertiary/aromatic N) is 1. The van der Waals surface area contributed by atoms with Crippen LogP contribution in [0.4, 0.5) is 0 Å². The molecule has 0 bridgehead atoms. The Morgan fingerprint density at radius 1 is 1.28 bits per heavy atom. The van der Waals surface area contributed by atoms with Gasteiger partial charge in [-0.2, -0.15) is 0 Å². The SMILES string of the molecule is COC(=O)CNC(=O)CNC(=O)c1cccnc1. The van der Waals surface area contributed by atoms with Crippen LogP contribution in [0, 0.1) is 0 Å². The number of esters is 1. The van der Waals surface area contributed by atoms with Crippen LogP contribution in [0.5, 0.6) is 0 Å². The van der Waals surface area contributed by atoms with E-state index in [0.29, 0.717) is 5.56 Å². The number of pyridine rings is 1. The fourth-order valence-electron chi connectivity index (χ4n) is 1.07. The van der Waals surface area contributed by atoms with E-state index in [9.17, 15) is 14.4 Å². The first-order valence-corrected chi connectivity index (χ1v) is 5.15. The molecule has 1 heterocycles. The van der Waals surface area contributed by atoms with Crippen LogP contribution in [-0.2, 0) is 14.3 Å². The van der Waals surface area contributed by atoms with E-state index in [4.69, 9.17) is 0 Å². The van der Waals surface area contributed by atoms with Gasteiger partial charge in [0.05, 0.1) is 19.2 Å². The van der Waals surface area contributed by atoms with Crippen LogP contribution in [0.15, 0.2) is 24.5 Å². The van der Waals surface area contributed by atoms with Crippen molar-refractivity contribution in [3.8, 4) is 0 Å². The van der Waals surface area contributed by atoms with Crippen molar-refractivity contribution in [2.75, 3.05) is 20.2 Å². The smallest absolute Gasteiger partial charge is 0.325 e. The highest BCUT2D eigenvalue weighted by Crippen LogP contribution is 1.94. The zero-order valence-corrected chi connectivity index (χ0v) is 9.80. The quantitative estimate of drug-likeness (QED) is 0.661. The van der Waals surface area contributed by atoms with Gasteiger partial charge in [0.1, 0.15) is 6.54 Å². The summed E-state index contributed by atoms with van der Waals surface area (Å²) in [6, 6.07) is 3.20. The van der Waals surface area contributed by atoms with E-state index in [1.165, 1.54) is 13.3 Å². The van der Waals surface area contributed by atoms with Gasteiger partial charge in [-0.3, -0.25) is 19.4 Å². The lowest BCUT2D eigenvalue weighted by Crippen LogP contribution is -2.39. The second-order valence-corrected chi connectivity index (χ2v) is 3.28. The molecule has 18 heavy (non-hydrogen) atoms. The van der Waals surface area contributed by atoms with E-state index >= 15 is 0 Å². The zero-order valence-electron chi connectivity index (χ0n) is 9.80. The fourth-order valence-corrected chi connectivity index (χ4v) is 1.07. The largest absolute Gasteiger partial charge is 0.468 e. The number of carbonyl (C=O) groups is 3. The zero-order chi connectivity index (χ0) is 13.4. The predicted molar refractivity (Wildman–Crippen MR) is 61.6 cm³/mol. The monoisotopic (exact) mass is 251 g/mol. The van der Waals surface area contributed by atoms with E-state index in [1.807, 2.05) is 0 Å². The highest BCUT2D eigenvalue weighted by molar-refractivity contribution is 5.96. The number of hydrogen-bond donors (Lipinski definition) is 2. The molecule has 0 aliphatic rings. The topological polar surface area (TPSA) is 97.4 Å². The third-order valence-corrected chi connectivity index (χ3v) is 1.99. The van der Waals surface area contributed by atoms with Crippen LogP contribution in [0.1, 0.15) is 10.4 Å². The molecule has 96 valence electrons. The summed E-state index contributed by atoms with van der Waals surface area (Å²) in [5, 5.41) is 4.69. The van der Waals surface area contributed by atoms with Gasteiger partial charge in [0.2, 0.25) is 5.91 Å². The van der Waals surface area contributed by atoms with Crippen LogP contribution in [0.3, 0.4) is 0 Å². The summed E-state index contributed by atoms with van der Waals surface area (Å²) in [5.41, 5.74) is 0.360. The van der Waals surface area contributed by atoms with Gasteiger partial charge >= 0.3 is 5.97 Å². The molecule has 0 saturated heterocycles. The number of nitrogens with one attached hydrogen (secondary N) is 2. The predicted octanol–water partition coefficient (Wildman–Crippen LogP) is -0.899. The number of aromatic nitrogens is 1. The lowest BCUT2D eigenvalue weighted by Gasteiger charge is -2.05. The molecule has 0 unspecified atom stereocenters. The summed E-state index contributed by atoms with van der Waals surface area (Å²) in [4.78, 5) is 37.3. The molecular weight excluding hydrogens is 238 g/mol. The van der Waals surface area contributed by atoms with Crippen LogP contribution >= 0.6 is 0 Å². The molecular formula is C11H13N3O4. The maximum absolute atomic E-state index is 11.5. The Morgan fingerprint density at radius 3 is 2.67 bits per heavy atom. The molecule has 0 saturated carbocycles. The summed E-state index contributed by atoms with van der Waals surface area (Å²) in [5.74, 6) is -1.43. The van der Waals surface area contributed by atoms with Gasteiger partial charge in [-0.25, -0.2) is 0 Å². The first kappa shape index (κ1) is 13.6. The maximum Gasteiger partial charge on any atom is 0.325 e. The van der Waals surface area contributed by atoms with E-state index in [2.05, 4.69) is 20.4 Å². The van der Waals surface area contributed by atoms with Crippen molar-refractivity contribution >= 4 is 17.8 Å². The molecule has 1 aromatic rings. The van der Waals surface area contributed by atoms with Crippen LogP contribution in [0.25, 0.3) is 0 Å². The summed E-state index contributed by atoms with van der Waals surface area (Å²) in [6.07, 6.45) is 2.93. The average Bonchev–Trinajstić information content (AvgIpc) is 2.42. The Kier molecular flexibility index (Phi) is 5.30. The standard InChI is InChI=1S/C11H13N3O4/c1-18-10(16)7-13-9(15)6-14-11(17)8-3-2-4-12-5-8/h2-5H,6-7H2,1H3,(H,13,15)(H,14,17). The van der Waals surface area contributed by atoms with Crippen molar-refractivity contribution in [2.45, 2.75) is 0 Å². The normalized spacial score (nSPS) is 9.39. The summed E-state index contributed by atoms with van der Waals surface area (Å²) in [6.45, 7) is -0.442. The number of carbonyl (C=O) groups excluding carboxylic acids is 3. The molecule has 0 spiro atoms. The van der Waals surface area contributed by atoms with Gasteiger partial charge in [0.25, 0.3) is 5.91 Å². The minimum Gasteiger partial charge on any atom is -0.468 e. The molecule has 0 atom stereocenters. The summed E-state index contributed by atoms with van der Waals surface area (Å²) >= 11 is 0. The van der Waals surface area contributed by atoms with Crippen molar-refractivity contribution < 1.29 is 19.1 Å². The molecule has 2 amide bonds. The second-order valence-electron chi connectivity index (χ2n) is 3.28. The molecule has 7 heteroatoms. The number of methoxy groups -OCH3 is 1. The van der Waals surface area contributed by atoms with E-state index < -0.39 is 17.8 Å². The Labute approximate surface area is 104 Å². The molecule has 7 nitrogen and oxygen atoms in total. The van der Waals surface area contributed by atoms with Crippen LogP contribution < -0.4 is 10.6 Å². The third-order valence-electron chi connectivity index (χ3n) is 1.99. The molecule has 1 rings (SSSR count). The van der Waals surface area contributed by atoms with Gasteiger partial charge in [-0.15, -0.1) is 0 Å². The van der Waals surface area contributed by atoms with Crippen molar-refractivity contribution in [1.29, 1.82) is 0 Å². The fraction of sp³-hybridized carbons (Fsp3) is 0.273. The van der Waals surface area contributed by atoms with E-state index in [0.717, 1.165) is 0 Å². The first-order valence-electron chi connectivity index (χ1n) is 5.15. The van der Waals surface area contributed by atoms with Crippen LogP contribution in [0.2, 0.25) is 0 Å². The lowest BCUT2D eigenvalue weighted by atomic mass is 10.3. The molecule has 0 fully saturated rings. The number of amides is 2. The second kappa shape index (κ2) is 7.00. The van der Waals surface area contributed by atoms with Crippen molar-refractivity contribution in [1.82, 2.24) is 15.6 Å². The minimum atomic E-state index is -0.554. The average molecular weight is 251 g/mol. The van der Waals surface area contributed by atoms with E-state index in [-0.39, 0.29) is 13.1 Å². The molecule has 1 aromatic heterocycles. The van der Waals surface area contributed by atoms with Gasteiger partial charge in [-0.1, -0.05) is 0 Å². The first-order chi connectivity index (χ1) is 8.63. The summed E-state index contributed by atoms with van der Waals surface area (Å²) < 4.78 is 4.35. The minimum absolute atomic E-state index is 0.218. The molecule has 2 N–H and O–H groups in total. The van der Waals surface area contributed by atoms with Crippen molar-refractivity contribution in [2.24, 2.45) is 0 Å². The number of ether oxygens (including phenoxy) is 1. The number of hydrogen-bond acceptors (Lipinski definition) is 5. The Morgan fingerprint density at radius 2 is 2.06 bits per heavy atom. The van der Waals surface area contributed by atoms with Crippen LogP contribution in [-0.4, -0.2) is 43.0 Å². The van der Waals surface area contributed by atoms with Gasteiger partial charge in [-0.05, 0) is 12.1 Å². The Bertz CT molecular complexity index is 433. The molecule has 0 aliphatic heterocycles. The van der Waals surface area contributed by atoms with Gasteiger partial charge in [0.15, 0.2) is 0 Å². The maximum atomic E-state index is 11.5. The highest BCUT2D eigenvalue weighted by Gasteiger charge is 2.08. The molecule has 0 aromatic carbocycles. The van der Waals surface area contributed by atoms with Gasteiger partial charge in [0, 0.05) is 12.4 Å². The van der Waals surface area contributed by atoms with E-state index in [1.54, 1.807) is 18.3 Å². The highest BCUT2D eigenvalue weighted by atomic mass is 16.5. The van der Waals surface area contributed by atoms with Crippen molar-refractivity contribution in [3.05, 3.63) is 30.1 Å². The lowest BCUT2D eigenvalue weighted by molar-refractivity contribution is -0.141.